The van der Waals surface area contributed by atoms with Crippen molar-refractivity contribution < 1.29 is 83.9 Å². The first kappa shape index (κ1) is 65.9. The number of hydrogen-bond donors (Lipinski definition) is 14. The molecule has 0 spiro atoms. The van der Waals surface area contributed by atoms with Gasteiger partial charge in [-0.2, -0.15) is 0 Å². The van der Waals surface area contributed by atoms with E-state index in [0.717, 1.165) is 70.9 Å². The lowest BCUT2D eigenvalue weighted by atomic mass is 9.96. The summed E-state index contributed by atoms with van der Waals surface area (Å²) in [6, 6.07) is 15.2. The fourth-order valence-electron chi connectivity index (χ4n) is 10.7. The first-order valence-corrected chi connectivity index (χ1v) is 28.9. The average molecular weight is 1200 g/mol. The Labute approximate surface area is 498 Å². The van der Waals surface area contributed by atoms with Crippen LogP contribution in [0.1, 0.15) is 81.8 Å². The summed E-state index contributed by atoms with van der Waals surface area (Å²) in [6.07, 6.45) is -12.6. The van der Waals surface area contributed by atoms with Crippen LogP contribution in [0, 0.1) is 5.92 Å². The van der Waals surface area contributed by atoms with Gasteiger partial charge >= 0.3 is 0 Å². The number of nitrogens with one attached hydrogen (secondary N) is 6. The second-order valence-corrected chi connectivity index (χ2v) is 22.2. The summed E-state index contributed by atoms with van der Waals surface area (Å²) in [7, 11) is 1.59. The minimum absolute atomic E-state index is 0.0433. The first-order chi connectivity index (χ1) is 41.0. The molecule has 466 valence electrons. The summed E-state index contributed by atoms with van der Waals surface area (Å²) in [5.74, 6) is -8.28. The van der Waals surface area contributed by atoms with E-state index in [1.807, 2.05) is 48.5 Å². The van der Waals surface area contributed by atoms with Crippen LogP contribution in [0.2, 0.25) is 0 Å². The lowest BCUT2D eigenvalue weighted by molar-refractivity contribution is -0.149. The topological polar surface area (TPSA) is 378 Å². The molecule has 3 fully saturated rings. The molecule has 25 nitrogen and oxygen atoms in total. The van der Waals surface area contributed by atoms with Crippen LogP contribution in [-0.4, -0.2) is 211 Å². The molecule has 0 saturated carbocycles. The maximum absolute atomic E-state index is 14.7. The molecule has 3 heterocycles. The van der Waals surface area contributed by atoms with Crippen molar-refractivity contribution in [2.45, 2.75) is 145 Å². The monoisotopic (exact) mass is 1200 g/mol. The van der Waals surface area contributed by atoms with Gasteiger partial charge in [0.15, 0.2) is 6.23 Å². The Morgan fingerprint density at radius 3 is 1.77 bits per heavy atom. The highest BCUT2D eigenvalue weighted by Crippen LogP contribution is 2.30. The number of hydrogen-bond acceptors (Lipinski definition) is 18. The molecule has 0 aliphatic carbocycles. The zero-order chi connectivity index (χ0) is 62.5. The third-order valence-electron chi connectivity index (χ3n) is 15.7. The van der Waals surface area contributed by atoms with Gasteiger partial charge in [0.05, 0.1) is 37.6 Å². The Kier molecular flexibility index (Phi) is 23.1. The number of aliphatic hydroxyl groups excluding tert-OH is 7. The highest BCUT2D eigenvalue weighted by molar-refractivity contribution is 6.00. The normalized spacial score (nSPS) is 26.8. The number of fused-ring (bicyclic) bond motifs is 2. The number of unbranched alkanes of at least 4 members (excludes halogenated alkanes) is 2. The van der Waals surface area contributed by atoms with Crippen LogP contribution >= 0.6 is 0 Å². The van der Waals surface area contributed by atoms with Crippen molar-refractivity contribution in [3.63, 3.8) is 0 Å². The number of nitrogens with zero attached hydrogens (tertiary/aromatic N) is 2. The van der Waals surface area contributed by atoms with Crippen LogP contribution in [0.5, 0.6) is 11.5 Å². The summed E-state index contributed by atoms with van der Waals surface area (Å²) < 4.78 is 11.8. The quantitative estimate of drug-likeness (QED) is 0.0549. The zero-order valence-electron chi connectivity index (χ0n) is 48.6. The number of carbonyl (C=O) groups excluding carboxylic acids is 7. The van der Waals surface area contributed by atoms with E-state index in [1.54, 1.807) is 19.2 Å². The van der Waals surface area contributed by atoms with E-state index in [9.17, 15) is 74.4 Å². The van der Waals surface area contributed by atoms with Gasteiger partial charge in [0.2, 0.25) is 35.4 Å². The summed E-state index contributed by atoms with van der Waals surface area (Å²) in [5.41, 5.74) is 3.46. The van der Waals surface area contributed by atoms with Crippen molar-refractivity contribution in [1.29, 1.82) is 0 Å². The number of likely N-dealkylation sites (N-methyl/N-ethyl adjacent to an activating group) is 1. The van der Waals surface area contributed by atoms with Crippen LogP contribution in [0.3, 0.4) is 0 Å². The van der Waals surface area contributed by atoms with E-state index in [2.05, 4.69) is 38.8 Å². The van der Waals surface area contributed by atoms with Crippen LogP contribution in [-0.2, 0) is 33.5 Å². The molecule has 3 aliphatic heterocycles. The van der Waals surface area contributed by atoms with Gasteiger partial charge in [-0.3, -0.25) is 33.6 Å². The van der Waals surface area contributed by atoms with Crippen molar-refractivity contribution in [1.82, 2.24) is 41.7 Å². The molecule has 0 bridgehead atoms. The molecule has 0 aromatic heterocycles. The number of phenolic OH excluding ortho intramolecular Hbond substituents is 1. The van der Waals surface area contributed by atoms with Crippen molar-refractivity contribution in [2.24, 2.45) is 5.92 Å². The smallest absolute Gasteiger partial charge is 0.251 e. The van der Waals surface area contributed by atoms with Crippen molar-refractivity contribution in [3.8, 4) is 33.8 Å². The predicted octanol–water partition coefficient (Wildman–Crippen LogP) is -0.683. The first-order valence-electron chi connectivity index (χ1n) is 28.9. The van der Waals surface area contributed by atoms with Gasteiger partial charge < -0.3 is 92.0 Å². The molecule has 0 radical (unpaired) electrons. The van der Waals surface area contributed by atoms with Gasteiger partial charge in [0.1, 0.15) is 66.1 Å². The Balaban J connectivity index is 1.22. The molecule has 4 aromatic carbocycles. The molecular formula is C61H80N8O17. The Morgan fingerprint density at radius 2 is 1.20 bits per heavy atom. The van der Waals surface area contributed by atoms with E-state index in [1.165, 1.54) is 43.3 Å². The molecule has 25 heteroatoms. The Hall–Kier alpha value is -7.59. The standard InChI is InChI=1S/C61H80N8O17/c1-6-7-8-26-85-43-23-19-38(20-24-43)36-11-9-35(10-12-36)37-13-15-40(16-14-37)54(78)63-44-29-46(74)59(86-27-25-62-5)67-58(82)50-51(75)32(2)30-69(50)61(84)48(34(4)71)65-57(81)49(53(77)52(76)39-17-21-41(72)22-18-39)66-56(80)45-28-42(73)31-68(45)60(83)47(33(3)70)64-55(44)79/h9-24,32-34,42,44-53,59,62,70-77H,6-8,25-31H2,1-5H3,(H,63,78)(H,64,79)(H,65,81)(H,66,80)(H,67,82)/t32-,33+,34+,42+,44?,45?,46+,47?,48?,49?,50?,51-,52-,53-,59?/m0/s1. The summed E-state index contributed by atoms with van der Waals surface area (Å²) in [6.45, 7) is 5.59. The van der Waals surface area contributed by atoms with Crippen LogP contribution in [0.4, 0.5) is 0 Å². The summed E-state index contributed by atoms with van der Waals surface area (Å²) in [5, 5.41) is 105. The van der Waals surface area contributed by atoms with Crippen molar-refractivity contribution in [3.05, 3.63) is 108 Å². The second kappa shape index (κ2) is 30.2. The van der Waals surface area contributed by atoms with Crippen LogP contribution in [0.25, 0.3) is 22.3 Å². The largest absolute Gasteiger partial charge is 0.508 e. The maximum Gasteiger partial charge on any atom is 0.251 e. The maximum atomic E-state index is 14.7. The third-order valence-corrected chi connectivity index (χ3v) is 15.7. The third kappa shape index (κ3) is 16.3. The summed E-state index contributed by atoms with van der Waals surface area (Å²) in [4.78, 5) is 103. The number of phenols is 1. The molecule has 3 saturated heterocycles. The average Bonchev–Trinajstić information content (AvgIpc) is 2.84. The van der Waals surface area contributed by atoms with Crippen molar-refractivity contribution >= 4 is 41.4 Å². The van der Waals surface area contributed by atoms with Gasteiger partial charge in [0, 0.05) is 44.0 Å². The highest BCUT2D eigenvalue weighted by atomic mass is 16.5. The predicted molar refractivity (Wildman–Crippen MR) is 311 cm³/mol. The summed E-state index contributed by atoms with van der Waals surface area (Å²) >= 11 is 0. The molecule has 7 unspecified atom stereocenters. The minimum Gasteiger partial charge on any atom is -0.508 e. The lowest BCUT2D eigenvalue weighted by Gasteiger charge is -2.34. The van der Waals surface area contributed by atoms with Gasteiger partial charge in [-0.05, 0) is 91.5 Å². The fourth-order valence-corrected chi connectivity index (χ4v) is 10.7. The molecule has 86 heavy (non-hydrogen) atoms. The molecule has 14 N–H and O–H groups in total. The van der Waals surface area contributed by atoms with Gasteiger partial charge in [-0.1, -0.05) is 87.4 Å². The number of benzene rings is 4. The van der Waals surface area contributed by atoms with Gasteiger partial charge in [-0.15, -0.1) is 0 Å². The van der Waals surface area contributed by atoms with Gasteiger partial charge in [0.25, 0.3) is 5.91 Å². The lowest BCUT2D eigenvalue weighted by Crippen LogP contribution is -2.64. The zero-order valence-corrected chi connectivity index (χ0v) is 48.6. The number of carbonyl (C=O) groups is 7. The Morgan fingerprint density at radius 1 is 0.651 bits per heavy atom. The number of ether oxygens (including phenoxy) is 2. The second-order valence-electron chi connectivity index (χ2n) is 22.2. The number of rotatable bonds is 18. The molecule has 7 rings (SSSR count). The number of aromatic hydroxyl groups is 1. The van der Waals surface area contributed by atoms with E-state index in [-0.39, 0.29) is 36.6 Å². The number of aliphatic hydroxyl groups is 7. The molecular weight excluding hydrogens is 1120 g/mol. The fraction of sp³-hybridized carbons (Fsp3) is 0.492. The van der Waals surface area contributed by atoms with Crippen LogP contribution < -0.4 is 36.6 Å². The minimum atomic E-state index is -2.29. The van der Waals surface area contributed by atoms with Crippen LogP contribution in [0.15, 0.2) is 97.1 Å². The van der Waals surface area contributed by atoms with E-state index in [4.69, 9.17) is 9.47 Å². The van der Waals surface area contributed by atoms with Crippen molar-refractivity contribution in [2.75, 3.05) is 39.9 Å². The molecule has 4 aromatic rings. The molecule has 7 amide bonds. The SMILES string of the molecule is CCCCCOc1ccc(-c2ccc(-c3ccc(C(=O)NC4C[C@@H](O)C(OCCNC)NC(=O)C5[C@@H](O)[C@@H](C)CN5C(=O)C([C@@H](C)O)NC(=O)C([C@H](O)[C@@H](O)c5ccc(O)cc5)NC(=O)C5C[C@@H](O)CN5C(=O)C([C@@H](C)O)NC4=O)cc3)cc2)cc1. The molecule has 15 atom stereocenters. The number of amides is 7. The van der Waals surface area contributed by atoms with E-state index < -0.39 is 152 Å². The Bertz CT molecular complexity index is 2950. The van der Waals surface area contributed by atoms with E-state index in [0.29, 0.717) is 6.61 Å². The van der Waals surface area contributed by atoms with E-state index >= 15 is 0 Å². The van der Waals surface area contributed by atoms with Gasteiger partial charge in [-0.25, -0.2) is 0 Å². The highest BCUT2D eigenvalue weighted by Gasteiger charge is 2.50. The molecule has 3 aliphatic rings.